The lowest BCUT2D eigenvalue weighted by Crippen LogP contribution is -2.50. The molecule has 132 valence electrons. The minimum atomic E-state index is -0.117. The van der Waals surface area contributed by atoms with Crippen LogP contribution in [0.5, 0.6) is 0 Å². The summed E-state index contributed by atoms with van der Waals surface area (Å²) in [5, 5.41) is 10.1. The van der Waals surface area contributed by atoms with Crippen molar-refractivity contribution in [2.45, 2.75) is 84.7 Å². The fraction of sp³-hybridized carbons (Fsp3) is 0.864. The number of Topliss-reactive ketones (excluding diaryl/α,β-unsaturated/α-hetero) is 1. The molecule has 0 aromatic heterocycles. The van der Waals surface area contributed by atoms with Crippen LogP contribution in [-0.2, 0) is 4.79 Å². The molecule has 0 radical (unpaired) electrons. The minimum Gasteiger partial charge on any atom is -0.393 e. The number of carbonyl (C=O) groups excluding carboxylic acids is 1. The molecule has 5 aliphatic rings. The van der Waals surface area contributed by atoms with Crippen LogP contribution in [0.1, 0.15) is 78.6 Å². The van der Waals surface area contributed by atoms with E-state index in [1.807, 2.05) is 6.92 Å². The Labute approximate surface area is 146 Å². The van der Waals surface area contributed by atoms with Crippen LogP contribution in [0, 0.1) is 33.5 Å². The number of hydrogen-bond acceptors (Lipinski definition) is 2. The van der Waals surface area contributed by atoms with E-state index >= 15 is 0 Å². The van der Waals surface area contributed by atoms with Crippen LogP contribution >= 0.6 is 0 Å². The second-order valence-electron chi connectivity index (χ2n) is 10.4. The Kier molecular flexibility index (Phi) is 2.84. The highest BCUT2D eigenvalue weighted by atomic mass is 16.3. The Morgan fingerprint density at radius 2 is 1.96 bits per heavy atom. The predicted molar refractivity (Wildman–Crippen MR) is 94.4 cm³/mol. The number of allylic oxidation sites excluding steroid dienone is 1. The van der Waals surface area contributed by atoms with Crippen LogP contribution in [0.25, 0.3) is 0 Å². The second kappa shape index (κ2) is 4.37. The summed E-state index contributed by atoms with van der Waals surface area (Å²) in [4.78, 5) is 12.3. The third-order valence-corrected chi connectivity index (χ3v) is 9.95. The number of ketones is 1. The molecule has 7 atom stereocenters. The quantitative estimate of drug-likeness (QED) is 0.711. The first-order valence-electron chi connectivity index (χ1n) is 10.2. The van der Waals surface area contributed by atoms with Crippen LogP contribution < -0.4 is 0 Å². The number of rotatable bonds is 1. The molecule has 2 spiro atoms. The first kappa shape index (κ1) is 15.6. The summed E-state index contributed by atoms with van der Waals surface area (Å²) >= 11 is 0. The highest BCUT2D eigenvalue weighted by Crippen LogP contribution is 2.89. The van der Waals surface area contributed by atoms with Gasteiger partial charge in [0.25, 0.3) is 0 Å². The zero-order valence-electron chi connectivity index (χ0n) is 15.5. The topological polar surface area (TPSA) is 37.3 Å². The standard InChI is InChI=1S/C22H32O2/c1-14(23)17-6-11-22-13-21(22)10-4-15-12-16(24)5-8-19(15,2)18(21)7-9-20(17,22)3/h4,16-18,24H,5-13H2,1-3H3/t16-,17+,18+,19-,20+,21-,22?/m0/s1. The Morgan fingerprint density at radius 1 is 1.17 bits per heavy atom. The van der Waals surface area contributed by atoms with Crippen molar-refractivity contribution in [2.24, 2.45) is 33.5 Å². The summed E-state index contributed by atoms with van der Waals surface area (Å²) in [6.07, 6.45) is 13.0. The van der Waals surface area contributed by atoms with E-state index in [0.717, 1.165) is 31.6 Å². The fourth-order valence-electron chi connectivity index (χ4n) is 8.75. The monoisotopic (exact) mass is 328 g/mol. The van der Waals surface area contributed by atoms with Gasteiger partial charge in [-0.3, -0.25) is 4.79 Å². The van der Waals surface area contributed by atoms with Gasteiger partial charge in [-0.2, -0.15) is 0 Å². The maximum atomic E-state index is 12.3. The predicted octanol–water partition coefficient (Wildman–Crippen LogP) is 4.66. The lowest BCUT2D eigenvalue weighted by molar-refractivity contribution is -0.127. The average molecular weight is 328 g/mol. The number of aliphatic hydroxyl groups excluding tert-OH is 1. The number of aliphatic hydroxyl groups is 1. The van der Waals surface area contributed by atoms with Crippen molar-refractivity contribution in [3.05, 3.63) is 11.6 Å². The summed E-state index contributed by atoms with van der Waals surface area (Å²) < 4.78 is 0. The Bertz CT molecular complexity index is 650. The first-order chi connectivity index (χ1) is 11.3. The van der Waals surface area contributed by atoms with E-state index in [1.165, 1.54) is 32.1 Å². The molecule has 1 unspecified atom stereocenters. The molecule has 5 rings (SSSR count). The van der Waals surface area contributed by atoms with E-state index in [9.17, 15) is 9.90 Å². The third-order valence-electron chi connectivity index (χ3n) is 9.95. The van der Waals surface area contributed by atoms with E-state index < -0.39 is 0 Å². The molecule has 2 nitrogen and oxygen atoms in total. The van der Waals surface area contributed by atoms with Gasteiger partial charge < -0.3 is 5.11 Å². The molecule has 0 aromatic rings. The minimum absolute atomic E-state index is 0.117. The Hall–Kier alpha value is -0.630. The molecule has 0 aliphatic heterocycles. The molecule has 0 amide bonds. The van der Waals surface area contributed by atoms with Gasteiger partial charge in [-0.15, -0.1) is 0 Å². The molecule has 24 heavy (non-hydrogen) atoms. The Balaban J connectivity index is 1.57. The number of hydrogen-bond donors (Lipinski definition) is 1. The molecular weight excluding hydrogens is 296 g/mol. The molecule has 0 heterocycles. The van der Waals surface area contributed by atoms with Crippen LogP contribution in [0.15, 0.2) is 11.6 Å². The fourth-order valence-corrected chi connectivity index (χ4v) is 8.75. The van der Waals surface area contributed by atoms with Gasteiger partial charge in [-0.05, 0) is 92.3 Å². The average Bonchev–Trinajstić information content (AvgIpc) is 3.08. The largest absolute Gasteiger partial charge is 0.393 e. The van der Waals surface area contributed by atoms with Gasteiger partial charge in [0.2, 0.25) is 0 Å². The molecule has 0 bridgehead atoms. The highest BCUT2D eigenvalue weighted by Gasteiger charge is 2.82. The van der Waals surface area contributed by atoms with Crippen molar-refractivity contribution < 1.29 is 9.90 Å². The van der Waals surface area contributed by atoms with Crippen molar-refractivity contribution in [3.63, 3.8) is 0 Å². The summed E-state index contributed by atoms with van der Waals surface area (Å²) in [6, 6.07) is 0. The van der Waals surface area contributed by atoms with Crippen molar-refractivity contribution in [2.75, 3.05) is 0 Å². The van der Waals surface area contributed by atoms with Gasteiger partial charge in [-0.25, -0.2) is 0 Å². The molecule has 1 N–H and O–H groups in total. The molecule has 5 aliphatic carbocycles. The summed E-state index contributed by atoms with van der Waals surface area (Å²) in [7, 11) is 0. The Morgan fingerprint density at radius 3 is 2.71 bits per heavy atom. The summed E-state index contributed by atoms with van der Waals surface area (Å²) in [5.41, 5.74) is 3.05. The summed E-state index contributed by atoms with van der Waals surface area (Å²) in [5.74, 6) is 1.54. The lowest BCUT2D eigenvalue weighted by atomic mass is 9.47. The van der Waals surface area contributed by atoms with Gasteiger partial charge in [0, 0.05) is 5.92 Å². The molecular formula is C22H32O2. The summed E-state index contributed by atoms with van der Waals surface area (Å²) in [6.45, 7) is 6.80. The van der Waals surface area contributed by atoms with Gasteiger partial charge >= 0.3 is 0 Å². The van der Waals surface area contributed by atoms with E-state index in [2.05, 4.69) is 19.9 Å². The third kappa shape index (κ3) is 1.48. The van der Waals surface area contributed by atoms with Gasteiger partial charge in [-0.1, -0.05) is 25.5 Å². The van der Waals surface area contributed by atoms with Gasteiger partial charge in [0.15, 0.2) is 0 Å². The van der Waals surface area contributed by atoms with Crippen molar-refractivity contribution >= 4 is 5.78 Å². The van der Waals surface area contributed by atoms with E-state index in [0.29, 0.717) is 27.9 Å². The van der Waals surface area contributed by atoms with E-state index in [4.69, 9.17) is 0 Å². The SMILES string of the molecule is CC(=O)[C@H]1CCC23C[C@]24CC=C2C[C@@H](O)CC[C@]2(C)[C@H]4CC[C@]13C. The lowest BCUT2D eigenvalue weighted by Gasteiger charge is -2.57. The van der Waals surface area contributed by atoms with Crippen molar-refractivity contribution in [3.8, 4) is 0 Å². The zero-order valence-corrected chi connectivity index (χ0v) is 15.5. The second-order valence-corrected chi connectivity index (χ2v) is 10.4. The smallest absolute Gasteiger partial charge is 0.133 e. The number of fused-ring (bicyclic) bond motifs is 2. The molecule has 2 heteroatoms. The molecule has 0 aromatic carbocycles. The van der Waals surface area contributed by atoms with Crippen molar-refractivity contribution in [1.29, 1.82) is 0 Å². The normalized spacial score (nSPS) is 58.0. The molecule has 0 saturated heterocycles. The van der Waals surface area contributed by atoms with Crippen LogP contribution in [0.3, 0.4) is 0 Å². The van der Waals surface area contributed by atoms with Crippen LogP contribution in [0.2, 0.25) is 0 Å². The van der Waals surface area contributed by atoms with Crippen LogP contribution in [-0.4, -0.2) is 17.0 Å². The maximum Gasteiger partial charge on any atom is 0.133 e. The van der Waals surface area contributed by atoms with Gasteiger partial charge in [0.1, 0.15) is 5.78 Å². The zero-order chi connectivity index (χ0) is 17.0. The van der Waals surface area contributed by atoms with Crippen molar-refractivity contribution in [1.82, 2.24) is 0 Å². The van der Waals surface area contributed by atoms with Gasteiger partial charge in [0.05, 0.1) is 6.10 Å². The number of carbonyl (C=O) groups is 1. The molecule has 4 fully saturated rings. The maximum absolute atomic E-state index is 12.3. The van der Waals surface area contributed by atoms with E-state index in [-0.39, 0.29) is 11.5 Å². The molecule has 4 saturated carbocycles. The highest BCUT2D eigenvalue weighted by molar-refractivity contribution is 5.80. The van der Waals surface area contributed by atoms with Crippen LogP contribution in [0.4, 0.5) is 0 Å². The van der Waals surface area contributed by atoms with E-state index in [1.54, 1.807) is 5.57 Å². The first-order valence-corrected chi connectivity index (χ1v) is 10.2.